The molecular weight excluding hydrogens is 487 g/mol. The first kappa shape index (κ1) is 25.8. The first-order valence-corrected chi connectivity index (χ1v) is 12.2. The zero-order valence-corrected chi connectivity index (χ0v) is 21.5. The molecule has 0 bridgehead atoms. The van der Waals surface area contributed by atoms with Gasteiger partial charge in [-0.1, -0.05) is 41.6 Å². The fourth-order valence-electron chi connectivity index (χ4n) is 4.25. The molecule has 0 saturated carbocycles. The van der Waals surface area contributed by atoms with Gasteiger partial charge in [-0.15, -0.1) is 0 Å². The summed E-state index contributed by atoms with van der Waals surface area (Å²) in [6.45, 7) is 6.66. The van der Waals surface area contributed by atoms with Crippen LogP contribution in [0.15, 0.2) is 59.3 Å². The van der Waals surface area contributed by atoms with Gasteiger partial charge in [0.05, 0.1) is 35.2 Å². The lowest BCUT2D eigenvalue weighted by atomic mass is 9.80. The fraction of sp³-hybridized carbons (Fsp3) is 0.308. The quantitative estimate of drug-likeness (QED) is 0.219. The number of hydrogen-bond donors (Lipinski definition) is 5. The largest absolute Gasteiger partial charge is 0.493 e. The van der Waals surface area contributed by atoms with Crippen molar-refractivity contribution in [1.82, 2.24) is 20.1 Å². The van der Waals surface area contributed by atoms with E-state index in [9.17, 15) is 15.2 Å². The van der Waals surface area contributed by atoms with Crippen molar-refractivity contribution in [3.05, 3.63) is 71.8 Å². The lowest BCUT2D eigenvalue weighted by molar-refractivity contribution is 0.0661. The van der Waals surface area contributed by atoms with Gasteiger partial charge in [-0.25, -0.2) is 9.97 Å². The molecule has 1 aromatic carbocycles. The molecule has 4 aromatic rings. The summed E-state index contributed by atoms with van der Waals surface area (Å²) in [5.74, 6) is 1.28. The van der Waals surface area contributed by atoms with Crippen LogP contribution in [0.3, 0.4) is 0 Å². The first-order valence-electron chi connectivity index (χ1n) is 12.2. The van der Waals surface area contributed by atoms with E-state index in [1.807, 2.05) is 44.2 Å². The number of aromatic nitrogens is 4. The van der Waals surface area contributed by atoms with Crippen molar-refractivity contribution >= 4 is 29.9 Å². The smallest absolute Gasteiger partial charge is 0.423 e. The zero-order chi connectivity index (χ0) is 27.1. The SMILES string of the molecule is CC(C)(O)c1noc(-c2cnc(Nc3ccc4c(n3)C(C)(C)OB4O)cc2N[C@H](CO)c2ccccc2)n1. The predicted molar refractivity (Wildman–Crippen MR) is 142 cm³/mol. The van der Waals surface area contributed by atoms with Crippen LogP contribution in [0.25, 0.3) is 11.5 Å². The lowest BCUT2D eigenvalue weighted by Crippen LogP contribution is -2.28. The molecule has 4 heterocycles. The minimum Gasteiger partial charge on any atom is -0.423 e. The van der Waals surface area contributed by atoms with Crippen molar-refractivity contribution < 1.29 is 24.4 Å². The summed E-state index contributed by atoms with van der Waals surface area (Å²) in [7, 11) is -1.02. The molecule has 196 valence electrons. The molecule has 3 aromatic heterocycles. The molecule has 0 saturated heterocycles. The molecule has 11 nitrogen and oxygen atoms in total. The fourth-order valence-corrected chi connectivity index (χ4v) is 4.25. The Bertz CT molecular complexity index is 1440. The number of fused-ring (bicyclic) bond motifs is 1. The van der Waals surface area contributed by atoms with Gasteiger partial charge in [-0.3, -0.25) is 0 Å². The summed E-state index contributed by atoms with van der Waals surface area (Å²) < 4.78 is 11.1. The molecule has 0 unspecified atom stereocenters. The van der Waals surface area contributed by atoms with E-state index in [2.05, 4.69) is 30.7 Å². The van der Waals surface area contributed by atoms with Crippen molar-refractivity contribution in [2.45, 2.75) is 44.9 Å². The number of aliphatic hydroxyl groups excluding tert-OH is 1. The Kier molecular flexibility index (Phi) is 6.65. The second-order valence-corrected chi connectivity index (χ2v) is 10.1. The van der Waals surface area contributed by atoms with Crippen molar-refractivity contribution in [2.24, 2.45) is 0 Å². The van der Waals surface area contributed by atoms with Crippen LogP contribution in [0.2, 0.25) is 0 Å². The van der Waals surface area contributed by atoms with Crippen LogP contribution in [0.4, 0.5) is 17.3 Å². The molecule has 12 heteroatoms. The average Bonchev–Trinajstić information content (AvgIpc) is 3.46. The average molecular weight is 516 g/mol. The number of rotatable bonds is 8. The van der Waals surface area contributed by atoms with Crippen LogP contribution < -0.4 is 16.1 Å². The van der Waals surface area contributed by atoms with E-state index in [-0.39, 0.29) is 18.3 Å². The van der Waals surface area contributed by atoms with Crippen LogP contribution in [0, 0.1) is 0 Å². The Hall–Kier alpha value is -3.84. The molecule has 38 heavy (non-hydrogen) atoms. The predicted octanol–water partition coefficient (Wildman–Crippen LogP) is 2.60. The third-order valence-electron chi connectivity index (χ3n) is 6.25. The molecule has 0 spiro atoms. The highest BCUT2D eigenvalue weighted by molar-refractivity contribution is 6.61. The summed E-state index contributed by atoms with van der Waals surface area (Å²) in [6, 6.07) is 14.4. The van der Waals surface area contributed by atoms with E-state index in [4.69, 9.17) is 9.18 Å². The van der Waals surface area contributed by atoms with Crippen LogP contribution >= 0.6 is 0 Å². The maximum atomic E-state index is 10.3. The molecule has 1 aliphatic heterocycles. The molecule has 0 amide bonds. The van der Waals surface area contributed by atoms with Gasteiger partial charge in [-0.05, 0) is 39.3 Å². The minimum atomic E-state index is -1.29. The molecular formula is C26H29BN6O5. The molecule has 0 radical (unpaired) electrons. The Morgan fingerprint density at radius 1 is 1.08 bits per heavy atom. The van der Waals surface area contributed by atoms with E-state index in [0.717, 1.165) is 5.56 Å². The Morgan fingerprint density at radius 2 is 1.84 bits per heavy atom. The van der Waals surface area contributed by atoms with Gasteiger partial charge in [-0.2, -0.15) is 4.98 Å². The van der Waals surface area contributed by atoms with Gasteiger partial charge in [0.15, 0.2) is 0 Å². The van der Waals surface area contributed by atoms with E-state index < -0.39 is 24.4 Å². The van der Waals surface area contributed by atoms with Gasteiger partial charge >= 0.3 is 7.12 Å². The normalized spacial score (nSPS) is 15.3. The maximum absolute atomic E-state index is 10.3. The number of nitrogens with zero attached hydrogens (tertiary/aromatic N) is 4. The first-order chi connectivity index (χ1) is 18.0. The molecule has 1 aliphatic rings. The van der Waals surface area contributed by atoms with E-state index >= 15 is 0 Å². The Morgan fingerprint density at radius 3 is 2.53 bits per heavy atom. The van der Waals surface area contributed by atoms with Crippen molar-refractivity contribution in [2.75, 3.05) is 17.2 Å². The van der Waals surface area contributed by atoms with Gasteiger partial charge in [0.1, 0.15) is 17.2 Å². The summed E-state index contributed by atoms with van der Waals surface area (Å²) in [5, 5.41) is 41.1. The minimum absolute atomic E-state index is 0.136. The number of benzene rings is 1. The standard InChI is InChI=1S/C26H29BN6O5/c1-25(2,35)24-32-23(37-33-24)16-13-28-21(12-18(16)29-19(14-34)15-8-6-5-7-9-15)30-20-11-10-17-22(31-20)26(3,4)38-27(17)36/h5-13,19,34-36H,14H2,1-4H3,(H2,28,29,30,31)/t19-/m1/s1. The summed E-state index contributed by atoms with van der Waals surface area (Å²) in [4.78, 5) is 13.5. The second-order valence-electron chi connectivity index (χ2n) is 10.1. The topological polar surface area (TPSA) is 159 Å². The van der Waals surface area contributed by atoms with Crippen LogP contribution in [0.1, 0.15) is 50.8 Å². The van der Waals surface area contributed by atoms with Crippen molar-refractivity contribution in [3.63, 3.8) is 0 Å². The highest BCUT2D eigenvalue weighted by Crippen LogP contribution is 2.34. The van der Waals surface area contributed by atoms with Crippen LogP contribution in [-0.2, 0) is 15.9 Å². The number of nitrogens with one attached hydrogen (secondary N) is 2. The summed E-state index contributed by atoms with van der Waals surface area (Å²) in [6.07, 6.45) is 1.57. The lowest BCUT2D eigenvalue weighted by Gasteiger charge is -2.21. The highest BCUT2D eigenvalue weighted by Gasteiger charge is 2.42. The third-order valence-corrected chi connectivity index (χ3v) is 6.25. The van der Waals surface area contributed by atoms with Crippen LogP contribution in [-0.4, -0.2) is 49.1 Å². The maximum Gasteiger partial charge on any atom is 0.493 e. The van der Waals surface area contributed by atoms with E-state index in [1.165, 1.54) is 0 Å². The van der Waals surface area contributed by atoms with E-state index in [1.54, 1.807) is 38.2 Å². The highest BCUT2D eigenvalue weighted by atomic mass is 16.5. The van der Waals surface area contributed by atoms with E-state index in [0.29, 0.717) is 34.0 Å². The number of aliphatic hydroxyl groups is 2. The second kappa shape index (κ2) is 9.80. The van der Waals surface area contributed by atoms with Crippen molar-refractivity contribution in [3.8, 4) is 11.5 Å². The van der Waals surface area contributed by atoms with Gasteiger partial charge in [0.2, 0.25) is 5.82 Å². The van der Waals surface area contributed by atoms with Crippen molar-refractivity contribution in [1.29, 1.82) is 0 Å². The Balaban J connectivity index is 1.51. The summed E-state index contributed by atoms with van der Waals surface area (Å²) in [5.41, 5.74) is 1.18. The molecule has 1 atom stereocenters. The van der Waals surface area contributed by atoms with Gasteiger partial charge in [0.25, 0.3) is 5.89 Å². The molecule has 0 aliphatic carbocycles. The molecule has 0 fully saturated rings. The molecule has 5 N–H and O–H groups in total. The third kappa shape index (κ3) is 5.11. The molecule has 5 rings (SSSR count). The number of anilines is 3. The van der Waals surface area contributed by atoms with Gasteiger partial charge in [0, 0.05) is 17.7 Å². The number of hydrogen-bond acceptors (Lipinski definition) is 11. The zero-order valence-electron chi connectivity index (χ0n) is 21.5. The number of pyridine rings is 2. The summed E-state index contributed by atoms with van der Waals surface area (Å²) >= 11 is 0. The Labute approximate surface area is 220 Å². The van der Waals surface area contributed by atoms with Gasteiger partial charge < -0.3 is 35.0 Å². The van der Waals surface area contributed by atoms with Crippen LogP contribution in [0.5, 0.6) is 0 Å². The monoisotopic (exact) mass is 516 g/mol.